The maximum Gasteiger partial charge on any atom is 0.123 e. The highest BCUT2D eigenvalue weighted by molar-refractivity contribution is 5.50. The first kappa shape index (κ1) is 6.65. The number of hydrogen-bond acceptors (Lipinski definition) is 1. The van der Waals surface area contributed by atoms with Crippen LogP contribution < -0.4 is 5.73 Å². The standard InChI is InChI=1S/C9H10FN/c10-7-3-4-9(11)8(5-7)6-1-2-6/h3-6H,1-2,11H2. The number of nitrogen functional groups attached to an aromatic ring is 1. The summed E-state index contributed by atoms with van der Waals surface area (Å²) in [6.07, 6.45) is 2.32. The zero-order valence-corrected chi connectivity index (χ0v) is 6.18. The topological polar surface area (TPSA) is 26.0 Å². The third-order valence-electron chi connectivity index (χ3n) is 2.07. The maximum absolute atomic E-state index is 12.7. The molecule has 1 nitrogen and oxygen atoms in total. The predicted molar refractivity (Wildman–Crippen MR) is 42.8 cm³/mol. The van der Waals surface area contributed by atoms with E-state index in [0.29, 0.717) is 5.92 Å². The van der Waals surface area contributed by atoms with E-state index < -0.39 is 0 Å². The summed E-state index contributed by atoms with van der Waals surface area (Å²) in [5.41, 5.74) is 7.38. The Labute approximate surface area is 65.0 Å². The van der Waals surface area contributed by atoms with Gasteiger partial charge >= 0.3 is 0 Å². The van der Waals surface area contributed by atoms with Gasteiger partial charge in [-0.15, -0.1) is 0 Å². The number of hydrogen-bond donors (Lipinski definition) is 1. The van der Waals surface area contributed by atoms with E-state index in [-0.39, 0.29) is 5.82 Å². The Bertz CT molecular complexity index is 279. The monoisotopic (exact) mass is 151 g/mol. The number of rotatable bonds is 1. The minimum Gasteiger partial charge on any atom is -0.398 e. The molecule has 2 rings (SSSR count). The van der Waals surface area contributed by atoms with Crippen molar-refractivity contribution in [3.8, 4) is 0 Å². The average molecular weight is 151 g/mol. The molecule has 58 valence electrons. The van der Waals surface area contributed by atoms with Crippen molar-refractivity contribution in [2.24, 2.45) is 0 Å². The summed E-state index contributed by atoms with van der Waals surface area (Å²) in [5, 5.41) is 0. The Morgan fingerprint density at radius 1 is 1.36 bits per heavy atom. The second kappa shape index (κ2) is 2.22. The Morgan fingerprint density at radius 3 is 2.73 bits per heavy atom. The van der Waals surface area contributed by atoms with Crippen molar-refractivity contribution < 1.29 is 4.39 Å². The summed E-state index contributed by atoms with van der Waals surface area (Å²) in [7, 11) is 0. The van der Waals surface area contributed by atoms with E-state index in [9.17, 15) is 4.39 Å². The van der Waals surface area contributed by atoms with Crippen LogP contribution in [0.2, 0.25) is 0 Å². The summed E-state index contributed by atoms with van der Waals surface area (Å²) < 4.78 is 12.7. The van der Waals surface area contributed by atoms with E-state index in [1.165, 1.54) is 6.07 Å². The first-order chi connectivity index (χ1) is 5.27. The normalized spacial score (nSPS) is 16.8. The zero-order chi connectivity index (χ0) is 7.84. The number of halogens is 1. The molecule has 1 aliphatic rings. The number of nitrogens with two attached hydrogens (primary N) is 1. The molecule has 1 aliphatic carbocycles. The van der Waals surface area contributed by atoms with Gasteiger partial charge in [-0.2, -0.15) is 0 Å². The fraction of sp³-hybridized carbons (Fsp3) is 0.333. The van der Waals surface area contributed by atoms with Crippen molar-refractivity contribution in [1.29, 1.82) is 0 Å². The molecule has 0 spiro atoms. The van der Waals surface area contributed by atoms with E-state index in [1.54, 1.807) is 12.1 Å². The van der Waals surface area contributed by atoms with Crippen LogP contribution in [0.25, 0.3) is 0 Å². The SMILES string of the molecule is Nc1ccc(F)cc1C1CC1. The largest absolute Gasteiger partial charge is 0.398 e. The third kappa shape index (κ3) is 1.20. The van der Waals surface area contributed by atoms with Gasteiger partial charge in [0.15, 0.2) is 0 Å². The highest BCUT2D eigenvalue weighted by atomic mass is 19.1. The smallest absolute Gasteiger partial charge is 0.123 e. The molecule has 0 heterocycles. The maximum atomic E-state index is 12.7. The molecule has 0 amide bonds. The third-order valence-corrected chi connectivity index (χ3v) is 2.07. The van der Waals surface area contributed by atoms with E-state index in [4.69, 9.17) is 5.73 Å². The van der Waals surface area contributed by atoms with Gasteiger partial charge in [-0.3, -0.25) is 0 Å². The predicted octanol–water partition coefficient (Wildman–Crippen LogP) is 2.29. The van der Waals surface area contributed by atoms with E-state index >= 15 is 0 Å². The van der Waals surface area contributed by atoms with Crippen molar-refractivity contribution in [1.82, 2.24) is 0 Å². The highest BCUT2D eigenvalue weighted by Gasteiger charge is 2.25. The second-order valence-corrected chi connectivity index (χ2v) is 3.05. The van der Waals surface area contributed by atoms with Crippen LogP contribution in [-0.2, 0) is 0 Å². The quantitative estimate of drug-likeness (QED) is 0.612. The zero-order valence-electron chi connectivity index (χ0n) is 6.18. The Morgan fingerprint density at radius 2 is 2.09 bits per heavy atom. The molecule has 0 atom stereocenters. The van der Waals surface area contributed by atoms with Crippen LogP contribution in [0.4, 0.5) is 10.1 Å². The molecule has 1 aromatic carbocycles. The van der Waals surface area contributed by atoms with Gasteiger partial charge in [0.2, 0.25) is 0 Å². The molecule has 1 fully saturated rings. The molecule has 1 aromatic rings. The van der Waals surface area contributed by atoms with Crippen LogP contribution in [0, 0.1) is 5.82 Å². The van der Waals surface area contributed by atoms with Crippen molar-refractivity contribution in [2.45, 2.75) is 18.8 Å². The van der Waals surface area contributed by atoms with Crippen LogP contribution in [0.15, 0.2) is 18.2 Å². The van der Waals surface area contributed by atoms with Crippen LogP contribution in [0.3, 0.4) is 0 Å². The molecule has 0 saturated heterocycles. The van der Waals surface area contributed by atoms with Crippen molar-refractivity contribution in [3.63, 3.8) is 0 Å². The Kier molecular flexibility index (Phi) is 1.34. The second-order valence-electron chi connectivity index (χ2n) is 3.05. The lowest BCUT2D eigenvalue weighted by Gasteiger charge is -2.02. The first-order valence-electron chi connectivity index (χ1n) is 3.82. The van der Waals surface area contributed by atoms with Crippen molar-refractivity contribution >= 4 is 5.69 Å². The molecule has 0 aromatic heterocycles. The molecule has 0 bridgehead atoms. The Balaban J connectivity index is 2.42. The molecule has 11 heavy (non-hydrogen) atoms. The van der Waals surface area contributed by atoms with E-state index in [0.717, 1.165) is 24.1 Å². The Hall–Kier alpha value is -1.05. The van der Waals surface area contributed by atoms with Gasteiger partial charge in [0.25, 0.3) is 0 Å². The minimum absolute atomic E-state index is 0.180. The van der Waals surface area contributed by atoms with Gasteiger partial charge < -0.3 is 5.73 Å². The molecular weight excluding hydrogens is 141 g/mol. The lowest BCUT2D eigenvalue weighted by Crippen LogP contribution is -1.92. The van der Waals surface area contributed by atoms with Gasteiger partial charge in [-0.1, -0.05) is 0 Å². The number of anilines is 1. The van der Waals surface area contributed by atoms with Crippen LogP contribution in [0.1, 0.15) is 24.3 Å². The molecule has 2 heteroatoms. The van der Waals surface area contributed by atoms with Crippen LogP contribution in [0.5, 0.6) is 0 Å². The molecule has 0 radical (unpaired) electrons. The summed E-state index contributed by atoms with van der Waals surface area (Å²) >= 11 is 0. The molecule has 0 unspecified atom stereocenters. The molecule has 1 saturated carbocycles. The van der Waals surface area contributed by atoms with Crippen LogP contribution in [-0.4, -0.2) is 0 Å². The van der Waals surface area contributed by atoms with E-state index in [2.05, 4.69) is 0 Å². The molecular formula is C9H10FN. The van der Waals surface area contributed by atoms with Gasteiger partial charge in [-0.05, 0) is 42.5 Å². The van der Waals surface area contributed by atoms with Crippen molar-refractivity contribution in [2.75, 3.05) is 5.73 Å². The van der Waals surface area contributed by atoms with E-state index in [1.807, 2.05) is 0 Å². The number of benzene rings is 1. The minimum atomic E-state index is -0.180. The highest BCUT2D eigenvalue weighted by Crippen LogP contribution is 2.42. The summed E-state index contributed by atoms with van der Waals surface area (Å²) in [6.45, 7) is 0. The fourth-order valence-electron chi connectivity index (χ4n) is 1.29. The summed E-state index contributed by atoms with van der Waals surface area (Å²) in [6, 6.07) is 4.59. The van der Waals surface area contributed by atoms with Crippen molar-refractivity contribution in [3.05, 3.63) is 29.6 Å². The molecule has 2 N–H and O–H groups in total. The summed E-state index contributed by atoms with van der Waals surface area (Å²) in [5.74, 6) is 0.354. The average Bonchev–Trinajstić information content (AvgIpc) is 2.76. The van der Waals surface area contributed by atoms with Crippen LogP contribution >= 0.6 is 0 Å². The van der Waals surface area contributed by atoms with Gasteiger partial charge in [-0.25, -0.2) is 4.39 Å². The fourth-order valence-corrected chi connectivity index (χ4v) is 1.29. The lowest BCUT2D eigenvalue weighted by atomic mass is 10.1. The van der Waals surface area contributed by atoms with Gasteiger partial charge in [0, 0.05) is 5.69 Å². The molecule has 0 aliphatic heterocycles. The summed E-state index contributed by atoms with van der Waals surface area (Å²) in [4.78, 5) is 0. The first-order valence-corrected chi connectivity index (χ1v) is 3.82. The lowest BCUT2D eigenvalue weighted by molar-refractivity contribution is 0.626. The van der Waals surface area contributed by atoms with Gasteiger partial charge in [0.05, 0.1) is 0 Å². The van der Waals surface area contributed by atoms with Gasteiger partial charge in [0.1, 0.15) is 5.82 Å².